The minimum absolute atomic E-state index is 0.0826. The van der Waals surface area contributed by atoms with E-state index < -0.39 is 85.3 Å². The van der Waals surface area contributed by atoms with Gasteiger partial charge in [-0.2, -0.15) is 13.2 Å². The summed E-state index contributed by atoms with van der Waals surface area (Å²) >= 11 is 0. The number of alkyl halides is 3. The first-order chi connectivity index (χ1) is 24.9. The average Bonchev–Trinajstić information content (AvgIpc) is 3.97. The molecule has 286 valence electrons. The monoisotopic (exact) mass is 761 g/mol. The van der Waals surface area contributed by atoms with Crippen molar-refractivity contribution in [2.75, 3.05) is 6.54 Å². The number of rotatable bonds is 4. The van der Waals surface area contributed by atoms with Gasteiger partial charge in [0, 0.05) is 23.3 Å². The molecular weight excluding hydrogens is 719 g/mol. The molecule has 2 aliphatic carbocycles. The first-order valence-electron chi connectivity index (χ1n) is 17.9. The predicted molar refractivity (Wildman–Crippen MR) is 184 cm³/mol. The highest BCUT2D eigenvalue weighted by molar-refractivity contribution is 7.91. The number of ether oxygens (including phenoxy) is 1. The summed E-state index contributed by atoms with van der Waals surface area (Å²) in [5.41, 5.74) is -3.16. The molecule has 0 bridgehead atoms. The van der Waals surface area contributed by atoms with Gasteiger partial charge < -0.3 is 25.4 Å². The molecule has 3 aliphatic heterocycles. The molecule has 5 aliphatic rings. The largest absolute Gasteiger partial charge is 0.483 e. The van der Waals surface area contributed by atoms with Gasteiger partial charge in [0.25, 0.3) is 5.91 Å². The Morgan fingerprint density at radius 2 is 1.87 bits per heavy atom. The number of pyridine rings is 1. The summed E-state index contributed by atoms with van der Waals surface area (Å²) in [7, 11) is -4.08. The number of amides is 4. The van der Waals surface area contributed by atoms with Gasteiger partial charge in [-0.25, -0.2) is 18.2 Å². The van der Waals surface area contributed by atoms with Crippen LogP contribution in [0.4, 0.5) is 18.0 Å². The van der Waals surface area contributed by atoms with Gasteiger partial charge in [0.15, 0.2) is 11.4 Å². The van der Waals surface area contributed by atoms with Crippen molar-refractivity contribution >= 4 is 44.7 Å². The smallest absolute Gasteiger partial charge is 0.437 e. The summed E-state index contributed by atoms with van der Waals surface area (Å²) in [4.78, 5) is 59.3. The standard InChI is InChI=1S/C36H42F3N5O8S/c1-20-10-11-24-23(16-20)22-12-13-34(52-27(22)28(40-24)36(37,38)39)18-26-29(45)42-35(31(47)43-53(50,51)33(2)14-15-33)17-21(35)8-6-4-3-5-7-9-25(41-32(48)49)30(46)44(26)19-34/h6,8,10-11,16,21,25-26,41H,3-5,7,9,12-15,17-19H2,1-2H3,(H,42,45)(H,43,47)(H,48,49)/b8-6-/t21-,25+,26+,34-,35-/m1/s1. The molecule has 17 heteroatoms. The molecule has 4 N–H and O–H groups in total. The minimum Gasteiger partial charge on any atom is -0.483 e. The van der Waals surface area contributed by atoms with Gasteiger partial charge in [-0.05, 0) is 77.3 Å². The second-order valence-electron chi connectivity index (χ2n) is 15.5. The number of aromatic nitrogens is 1. The molecule has 1 aromatic heterocycles. The van der Waals surface area contributed by atoms with Crippen molar-refractivity contribution in [3.8, 4) is 5.75 Å². The molecule has 4 amide bonds. The Kier molecular flexibility index (Phi) is 8.97. The summed E-state index contributed by atoms with van der Waals surface area (Å²) < 4.78 is 77.2. The number of halogens is 3. The number of carboxylic acid groups (broad SMARTS) is 1. The lowest BCUT2D eigenvalue weighted by atomic mass is 9.86. The van der Waals surface area contributed by atoms with Gasteiger partial charge in [0.1, 0.15) is 23.2 Å². The van der Waals surface area contributed by atoms with Crippen molar-refractivity contribution in [1.29, 1.82) is 0 Å². The maximum atomic E-state index is 14.6. The second-order valence-corrected chi connectivity index (χ2v) is 17.7. The fourth-order valence-corrected chi connectivity index (χ4v) is 9.30. The highest BCUT2D eigenvalue weighted by atomic mass is 32.2. The Morgan fingerprint density at radius 1 is 1.11 bits per heavy atom. The molecule has 0 unspecified atom stereocenters. The number of allylic oxidation sites excluding steroid dienone is 1. The quantitative estimate of drug-likeness (QED) is 0.331. The zero-order valence-corrected chi connectivity index (χ0v) is 30.2. The van der Waals surface area contributed by atoms with E-state index in [4.69, 9.17) is 4.74 Å². The number of fused-ring (bicyclic) bond motifs is 5. The number of benzene rings is 1. The Balaban J connectivity index is 1.27. The molecule has 53 heavy (non-hydrogen) atoms. The highest BCUT2D eigenvalue weighted by Crippen LogP contribution is 2.50. The van der Waals surface area contributed by atoms with E-state index in [0.29, 0.717) is 49.5 Å². The fraction of sp³-hybridized carbons (Fsp3) is 0.583. The molecule has 3 fully saturated rings. The topological polar surface area (TPSA) is 184 Å². The highest BCUT2D eigenvalue weighted by Gasteiger charge is 2.64. The fourth-order valence-electron chi connectivity index (χ4n) is 7.99. The molecular formula is C36H42F3N5O8S. The maximum absolute atomic E-state index is 14.6. The number of carbonyl (C=O) groups excluding carboxylic acids is 3. The minimum atomic E-state index is -4.90. The summed E-state index contributed by atoms with van der Waals surface area (Å²) in [6.07, 6.45) is 0.488. The normalized spacial score (nSPS) is 30.4. The maximum Gasteiger partial charge on any atom is 0.437 e. The number of nitrogens with zero attached hydrogens (tertiary/aromatic N) is 2. The number of carbonyl (C=O) groups is 4. The Bertz CT molecular complexity index is 2040. The molecule has 4 heterocycles. The third kappa shape index (κ3) is 6.80. The number of aryl methyl sites for hydroxylation is 2. The molecule has 5 atom stereocenters. The third-order valence-electron chi connectivity index (χ3n) is 11.5. The number of nitrogens with one attached hydrogen (secondary N) is 3. The van der Waals surface area contributed by atoms with E-state index in [0.717, 1.165) is 10.5 Å². The van der Waals surface area contributed by atoms with Gasteiger partial charge in [-0.15, -0.1) is 0 Å². The lowest BCUT2D eigenvalue weighted by Crippen LogP contribution is -2.58. The van der Waals surface area contributed by atoms with Crippen molar-refractivity contribution in [3.05, 3.63) is 47.2 Å². The molecule has 1 spiro atoms. The van der Waals surface area contributed by atoms with Crippen molar-refractivity contribution < 1.29 is 50.6 Å². The van der Waals surface area contributed by atoms with Crippen molar-refractivity contribution in [1.82, 2.24) is 25.2 Å². The lowest BCUT2D eigenvalue weighted by molar-refractivity contribution is -0.144. The first kappa shape index (κ1) is 36.9. The van der Waals surface area contributed by atoms with E-state index in [-0.39, 0.29) is 44.2 Å². The van der Waals surface area contributed by atoms with Gasteiger partial charge >= 0.3 is 12.3 Å². The van der Waals surface area contributed by atoms with Crippen LogP contribution in [0.3, 0.4) is 0 Å². The molecule has 2 saturated carbocycles. The van der Waals surface area contributed by atoms with Crippen LogP contribution in [0.1, 0.15) is 88.0 Å². The number of hydrogen-bond donors (Lipinski definition) is 4. The van der Waals surface area contributed by atoms with Crippen LogP contribution in [-0.4, -0.2) is 81.7 Å². The Labute approximate surface area is 304 Å². The molecule has 7 rings (SSSR count). The van der Waals surface area contributed by atoms with Gasteiger partial charge in [0.2, 0.25) is 21.8 Å². The molecule has 13 nitrogen and oxygen atoms in total. The SMILES string of the molecule is Cc1ccc2nc(C(F)(F)F)c3c(c2c1)CC[C@]1(C[C@H]2C(=O)N[C@]4(C(=O)NS(=O)(=O)C5(C)CC5)C[C@H]4/C=C\CCCCC[C@H](NC(=O)O)C(=O)N2C1)O3. The van der Waals surface area contributed by atoms with Crippen LogP contribution in [0, 0.1) is 12.8 Å². The van der Waals surface area contributed by atoms with Crippen molar-refractivity contribution in [2.24, 2.45) is 5.92 Å². The van der Waals surface area contributed by atoms with Crippen LogP contribution in [0.25, 0.3) is 10.9 Å². The third-order valence-corrected chi connectivity index (χ3v) is 13.7. The van der Waals surface area contributed by atoms with Gasteiger partial charge in [0.05, 0.1) is 16.8 Å². The van der Waals surface area contributed by atoms with E-state index in [2.05, 4.69) is 20.3 Å². The van der Waals surface area contributed by atoms with Crippen LogP contribution < -0.4 is 20.1 Å². The van der Waals surface area contributed by atoms with E-state index in [1.807, 2.05) is 6.08 Å². The predicted octanol–water partition coefficient (Wildman–Crippen LogP) is 4.26. The van der Waals surface area contributed by atoms with Gasteiger partial charge in [-0.1, -0.05) is 36.6 Å². The summed E-state index contributed by atoms with van der Waals surface area (Å²) in [5.74, 6) is -3.56. The summed E-state index contributed by atoms with van der Waals surface area (Å²) in [6, 6.07) is 2.23. The van der Waals surface area contributed by atoms with E-state index in [9.17, 15) is 45.9 Å². The number of sulfonamides is 1. The van der Waals surface area contributed by atoms with Crippen LogP contribution >= 0.6 is 0 Å². The second kappa shape index (κ2) is 12.9. The van der Waals surface area contributed by atoms with Crippen LogP contribution in [0.15, 0.2) is 30.4 Å². The van der Waals surface area contributed by atoms with E-state index in [1.54, 1.807) is 25.1 Å². The zero-order valence-electron chi connectivity index (χ0n) is 29.3. The molecule has 2 aromatic rings. The summed E-state index contributed by atoms with van der Waals surface area (Å²) in [6.45, 7) is 2.98. The Hall–Kier alpha value is -4.41. The lowest BCUT2D eigenvalue weighted by Gasteiger charge is -2.37. The molecule has 0 radical (unpaired) electrons. The Morgan fingerprint density at radius 3 is 2.57 bits per heavy atom. The molecule has 1 saturated heterocycles. The van der Waals surface area contributed by atoms with Crippen LogP contribution in [0.5, 0.6) is 5.75 Å². The van der Waals surface area contributed by atoms with Crippen molar-refractivity contribution in [3.63, 3.8) is 0 Å². The van der Waals surface area contributed by atoms with E-state index in [1.165, 1.54) is 13.0 Å². The summed E-state index contributed by atoms with van der Waals surface area (Å²) in [5, 5.41) is 15.1. The average molecular weight is 762 g/mol. The molecule has 1 aromatic carbocycles. The van der Waals surface area contributed by atoms with E-state index >= 15 is 0 Å². The van der Waals surface area contributed by atoms with Gasteiger partial charge in [-0.3, -0.25) is 19.1 Å². The van der Waals surface area contributed by atoms with Crippen LogP contribution in [0.2, 0.25) is 0 Å². The first-order valence-corrected chi connectivity index (χ1v) is 19.4. The van der Waals surface area contributed by atoms with Crippen molar-refractivity contribution in [2.45, 2.75) is 119 Å². The zero-order chi connectivity index (χ0) is 38.1. The number of hydrogen-bond acceptors (Lipinski definition) is 8. The van der Waals surface area contributed by atoms with Crippen LogP contribution in [-0.2, 0) is 37.0 Å².